The zero-order valence-corrected chi connectivity index (χ0v) is 11.3. The summed E-state index contributed by atoms with van der Waals surface area (Å²) in [5.41, 5.74) is 6.27. The topological polar surface area (TPSA) is 70.1 Å². The first-order chi connectivity index (χ1) is 10.1. The molecule has 2 rings (SSSR count). The molecular weight excluding hydrogens is 269 g/mol. The van der Waals surface area contributed by atoms with Crippen LogP contribution in [0.1, 0.15) is 16.8 Å². The number of halogens is 1. The Hall–Kier alpha value is -2.87. The first kappa shape index (κ1) is 14.5. The van der Waals surface area contributed by atoms with Crippen LogP contribution in [0.4, 0.5) is 15.8 Å². The third kappa shape index (κ3) is 3.37. The molecule has 0 saturated heterocycles. The SMILES string of the molecule is N#CCCN(C(=O)c1ccc(N)c(F)c1)c1ccccc1. The van der Waals surface area contributed by atoms with Crippen molar-refractivity contribution in [3.05, 3.63) is 59.9 Å². The third-order valence-corrected chi connectivity index (χ3v) is 3.01. The van der Waals surface area contributed by atoms with Gasteiger partial charge in [0.15, 0.2) is 0 Å². The largest absolute Gasteiger partial charge is 0.396 e. The van der Waals surface area contributed by atoms with Crippen molar-refractivity contribution in [3.63, 3.8) is 0 Å². The zero-order chi connectivity index (χ0) is 15.2. The van der Waals surface area contributed by atoms with Gasteiger partial charge in [0, 0.05) is 17.8 Å². The molecule has 5 heteroatoms. The molecule has 0 saturated carbocycles. The van der Waals surface area contributed by atoms with Crippen LogP contribution in [0.3, 0.4) is 0 Å². The number of carbonyl (C=O) groups excluding carboxylic acids is 1. The van der Waals surface area contributed by atoms with Gasteiger partial charge in [-0.3, -0.25) is 4.79 Å². The second kappa shape index (κ2) is 6.53. The minimum absolute atomic E-state index is 0.00478. The molecule has 0 atom stereocenters. The number of carbonyl (C=O) groups is 1. The van der Waals surface area contributed by atoms with Crippen molar-refractivity contribution in [1.82, 2.24) is 0 Å². The molecule has 2 aromatic rings. The number of nitrogens with zero attached hydrogens (tertiary/aromatic N) is 2. The summed E-state index contributed by atoms with van der Waals surface area (Å²) in [5, 5.41) is 8.73. The highest BCUT2D eigenvalue weighted by molar-refractivity contribution is 6.06. The molecule has 0 spiro atoms. The molecule has 0 aliphatic carbocycles. The predicted molar refractivity (Wildman–Crippen MR) is 79.2 cm³/mol. The van der Waals surface area contributed by atoms with Gasteiger partial charge in [0.25, 0.3) is 5.91 Å². The second-order valence-electron chi connectivity index (χ2n) is 4.44. The number of benzene rings is 2. The zero-order valence-electron chi connectivity index (χ0n) is 11.3. The molecule has 0 unspecified atom stereocenters. The summed E-state index contributed by atoms with van der Waals surface area (Å²) < 4.78 is 13.5. The van der Waals surface area contributed by atoms with E-state index >= 15 is 0 Å². The van der Waals surface area contributed by atoms with Gasteiger partial charge in [-0.2, -0.15) is 5.26 Å². The van der Waals surface area contributed by atoms with Crippen LogP contribution in [0, 0.1) is 17.1 Å². The average molecular weight is 283 g/mol. The highest BCUT2D eigenvalue weighted by atomic mass is 19.1. The van der Waals surface area contributed by atoms with E-state index in [1.54, 1.807) is 24.3 Å². The summed E-state index contributed by atoms with van der Waals surface area (Å²) in [5.74, 6) is -0.996. The normalized spacial score (nSPS) is 9.90. The van der Waals surface area contributed by atoms with E-state index in [4.69, 9.17) is 11.0 Å². The van der Waals surface area contributed by atoms with Crippen LogP contribution in [0.5, 0.6) is 0 Å². The summed E-state index contributed by atoms with van der Waals surface area (Å²) in [6.45, 7) is 0.241. The van der Waals surface area contributed by atoms with Crippen molar-refractivity contribution in [1.29, 1.82) is 5.26 Å². The van der Waals surface area contributed by atoms with E-state index in [0.717, 1.165) is 6.07 Å². The van der Waals surface area contributed by atoms with Gasteiger partial charge in [-0.15, -0.1) is 0 Å². The maximum absolute atomic E-state index is 13.5. The molecule has 2 N–H and O–H groups in total. The number of nitrogens with two attached hydrogens (primary N) is 1. The van der Waals surface area contributed by atoms with Gasteiger partial charge >= 0.3 is 0 Å². The molecule has 21 heavy (non-hydrogen) atoms. The van der Waals surface area contributed by atoms with E-state index in [1.165, 1.54) is 17.0 Å². The minimum Gasteiger partial charge on any atom is -0.396 e. The van der Waals surface area contributed by atoms with Crippen LogP contribution < -0.4 is 10.6 Å². The molecule has 0 radical (unpaired) electrons. The van der Waals surface area contributed by atoms with Crippen LogP contribution in [-0.2, 0) is 0 Å². The van der Waals surface area contributed by atoms with Gasteiger partial charge in [-0.05, 0) is 30.3 Å². The molecule has 0 heterocycles. The molecule has 0 bridgehead atoms. The molecule has 0 aliphatic rings. The van der Waals surface area contributed by atoms with Crippen LogP contribution in [0.25, 0.3) is 0 Å². The number of amides is 1. The lowest BCUT2D eigenvalue weighted by Crippen LogP contribution is -2.31. The Bertz CT molecular complexity index is 680. The van der Waals surface area contributed by atoms with Gasteiger partial charge in [-0.1, -0.05) is 18.2 Å². The van der Waals surface area contributed by atoms with Crippen LogP contribution >= 0.6 is 0 Å². The van der Waals surface area contributed by atoms with Gasteiger partial charge in [0.2, 0.25) is 0 Å². The predicted octanol–water partition coefficient (Wildman–Crippen LogP) is 2.97. The lowest BCUT2D eigenvalue weighted by atomic mass is 10.1. The number of para-hydroxylation sites is 1. The summed E-state index contributed by atoms with van der Waals surface area (Å²) in [6.07, 6.45) is 0.193. The molecule has 0 fully saturated rings. The van der Waals surface area contributed by atoms with Crippen molar-refractivity contribution in [2.75, 3.05) is 17.2 Å². The van der Waals surface area contributed by atoms with Gasteiger partial charge in [-0.25, -0.2) is 4.39 Å². The Morgan fingerprint density at radius 2 is 1.95 bits per heavy atom. The average Bonchev–Trinajstić information content (AvgIpc) is 2.51. The third-order valence-electron chi connectivity index (χ3n) is 3.01. The fourth-order valence-corrected chi connectivity index (χ4v) is 1.93. The van der Waals surface area contributed by atoms with Crippen molar-refractivity contribution in [2.24, 2.45) is 0 Å². The fraction of sp³-hybridized carbons (Fsp3) is 0.125. The van der Waals surface area contributed by atoms with E-state index in [-0.39, 0.29) is 30.1 Å². The number of rotatable bonds is 4. The summed E-state index contributed by atoms with van der Waals surface area (Å²) in [6, 6.07) is 14.9. The molecule has 0 aliphatic heterocycles. The highest BCUT2D eigenvalue weighted by Crippen LogP contribution is 2.19. The number of hydrogen-bond acceptors (Lipinski definition) is 3. The number of nitrogen functional groups attached to an aromatic ring is 1. The lowest BCUT2D eigenvalue weighted by molar-refractivity contribution is 0.0987. The highest BCUT2D eigenvalue weighted by Gasteiger charge is 2.18. The van der Waals surface area contributed by atoms with Gasteiger partial charge in [0.05, 0.1) is 18.2 Å². The monoisotopic (exact) mass is 283 g/mol. The van der Waals surface area contributed by atoms with E-state index in [9.17, 15) is 9.18 Å². The van der Waals surface area contributed by atoms with Crippen LogP contribution in [0.2, 0.25) is 0 Å². The summed E-state index contributed by atoms with van der Waals surface area (Å²) >= 11 is 0. The lowest BCUT2D eigenvalue weighted by Gasteiger charge is -2.22. The first-order valence-corrected chi connectivity index (χ1v) is 6.42. The number of anilines is 2. The van der Waals surface area contributed by atoms with E-state index < -0.39 is 5.82 Å². The maximum Gasteiger partial charge on any atom is 0.258 e. The molecule has 106 valence electrons. The molecular formula is C16H14FN3O. The van der Waals surface area contributed by atoms with Crippen LogP contribution in [-0.4, -0.2) is 12.5 Å². The molecule has 1 amide bonds. The summed E-state index contributed by atoms with van der Waals surface area (Å²) in [4.78, 5) is 14.0. The van der Waals surface area contributed by atoms with Crippen LogP contribution in [0.15, 0.2) is 48.5 Å². The quantitative estimate of drug-likeness (QED) is 0.877. The fourth-order valence-electron chi connectivity index (χ4n) is 1.93. The van der Waals surface area contributed by atoms with E-state index in [1.807, 2.05) is 12.1 Å². The molecule has 4 nitrogen and oxygen atoms in total. The van der Waals surface area contributed by atoms with Crippen molar-refractivity contribution in [2.45, 2.75) is 6.42 Å². The second-order valence-corrected chi connectivity index (χ2v) is 4.44. The Kier molecular flexibility index (Phi) is 4.52. The van der Waals surface area contributed by atoms with Crippen molar-refractivity contribution < 1.29 is 9.18 Å². The Morgan fingerprint density at radius 1 is 1.24 bits per heavy atom. The van der Waals surface area contributed by atoms with Crippen molar-refractivity contribution in [3.8, 4) is 6.07 Å². The minimum atomic E-state index is -0.630. The molecule has 2 aromatic carbocycles. The maximum atomic E-state index is 13.5. The van der Waals surface area contributed by atoms with Gasteiger partial charge < -0.3 is 10.6 Å². The number of hydrogen-bond donors (Lipinski definition) is 1. The Balaban J connectivity index is 2.34. The smallest absolute Gasteiger partial charge is 0.258 e. The van der Waals surface area contributed by atoms with Crippen molar-refractivity contribution >= 4 is 17.3 Å². The molecule has 0 aromatic heterocycles. The Labute approximate surface area is 122 Å². The van der Waals surface area contributed by atoms with E-state index in [0.29, 0.717) is 5.69 Å². The first-order valence-electron chi connectivity index (χ1n) is 6.42. The Morgan fingerprint density at radius 3 is 2.57 bits per heavy atom. The number of nitriles is 1. The summed E-state index contributed by atoms with van der Waals surface area (Å²) in [7, 11) is 0. The van der Waals surface area contributed by atoms with E-state index in [2.05, 4.69) is 0 Å². The standard InChI is InChI=1S/C16H14FN3O/c17-14-11-12(7-8-15(14)19)16(21)20(10-4-9-18)13-5-2-1-3-6-13/h1-3,5-8,11H,4,10,19H2. The van der Waals surface area contributed by atoms with Gasteiger partial charge in [0.1, 0.15) is 5.82 Å².